The van der Waals surface area contributed by atoms with Gasteiger partial charge in [-0.3, -0.25) is 4.79 Å². The van der Waals surface area contributed by atoms with Gasteiger partial charge in [0.2, 0.25) is 0 Å². The van der Waals surface area contributed by atoms with Crippen LogP contribution in [0.1, 0.15) is 44.9 Å². The summed E-state index contributed by atoms with van der Waals surface area (Å²) in [6, 6.07) is 0.114. The van der Waals surface area contributed by atoms with Crippen molar-refractivity contribution >= 4 is 5.91 Å². The third-order valence-corrected chi connectivity index (χ3v) is 3.64. The molecule has 0 radical (unpaired) electrons. The van der Waals surface area contributed by atoms with E-state index in [4.69, 9.17) is 0 Å². The normalized spacial score (nSPS) is 22.4. The van der Waals surface area contributed by atoms with Crippen LogP contribution < -0.4 is 0 Å². The molecule has 0 aromatic heterocycles. The Hall–Kier alpha value is -0.670. The van der Waals surface area contributed by atoms with E-state index >= 15 is 0 Å². The molecule has 0 unspecified atom stereocenters. The van der Waals surface area contributed by atoms with Crippen molar-refractivity contribution in [1.29, 1.82) is 0 Å². The van der Waals surface area contributed by atoms with E-state index in [9.17, 15) is 13.6 Å². The van der Waals surface area contributed by atoms with Crippen molar-refractivity contribution in [2.75, 3.05) is 6.54 Å². The van der Waals surface area contributed by atoms with E-state index in [0.717, 1.165) is 25.7 Å². The predicted molar refractivity (Wildman–Crippen MR) is 57.3 cm³/mol. The van der Waals surface area contributed by atoms with Crippen molar-refractivity contribution in [2.24, 2.45) is 5.92 Å². The lowest BCUT2D eigenvalue weighted by Gasteiger charge is -2.29. The quantitative estimate of drug-likeness (QED) is 0.728. The van der Waals surface area contributed by atoms with Crippen molar-refractivity contribution in [3.8, 4) is 0 Å². The summed E-state index contributed by atoms with van der Waals surface area (Å²) in [5.74, 6) is -0.495. The summed E-state index contributed by atoms with van der Waals surface area (Å²) in [5, 5.41) is 0. The first-order chi connectivity index (χ1) is 7.68. The zero-order chi connectivity index (χ0) is 11.5. The standard InChI is InChI=1S/C12H19F2NO/c13-11(14)12(16)15(10-6-7-10)8-9-4-2-1-3-5-9/h9-11H,1-8H2. The summed E-state index contributed by atoms with van der Waals surface area (Å²) >= 11 is 0. The van der Waals surface area contributed by atoms with E-state index in [1.54, 1.807) is 0 Å². The minimum absolute atomic E-state index is 0.114. The fourth-order valence-corrected chi connectivity index (χ4v) is 2.58. The van der Waals surface area contributed by atoms with Gasteiger partial charge in [-0.25, -0.2) is 0 Å². The maximum Gasteiger partial charge on any atom is 0.315 e. The van der Waals surface area contributed by atoms with Crippen LogP contribution in [0.5, 0.6) is 0 Å². The van der Waals surface area contributed by atoms with Gasteiger partial charge in [0.25, 0.3) is 5.91 Å². The summed E-state index contributed by atoms with van der Waals surface area (Å²) in [5.41, 5.74) is 0. The number of carbonyl (C=O) groups is 1. The van der Waals surface area contributed by atoms with Gasteiger partial charge in [0, 0.05) is 12.6 Å². The number of carbonyl (C=O) groups excluding carboxylic acids is 1. The lowest BCUT2D eigenvalue weighted by molar-refractivity contribution is -0.144. The van der Waals surface area contributed by atoms with Gasteiger partial charge in [0.05, 0.1) is 0 Å². The lowest BCUT2D eigenvalue weighted by Crippen LogP contribution is -2.41. The van der Waals surface area contributed by atoms with Crippen LogP contribution in [0.2, 0.25) is 0 Å². The molecule has 0 aromatic carbocycles. The first-order valence-electron chi connectivity index (χ1n) is 6.27. The fraction of sp³-hybridized carbons (Fsp3) is 0.917. The van der Waals surface area contributed by atoms with Gasteiger partial charge >= 0.3 is 6.43 Å². The lowest BCUT2D eigenvalue weighted by atomic mass is 9.89. The minimum Gasteiger partial charge on any atom is -0.334 e. The Kier molecular flexibility index (Phi) is 3.77. The number of hydrogen-bond acceptors (Lipinski definition) is 1. The van der Waals surface area contributed by atoms with Crippen LogP contribution in [0.4, 0.5) is 8.78 Å². The highest BCUT2D eigenvalue weighted by Gasteiger charge is 2.37. The third kappa shape index (κ3) is 2.92. The third-order valence-electron chi connectivity index (χ3n) is 3.64. The molecule has 0 heterocycles. The Morgan fingerprint density at radius 1 is 1.12 bits per heavy atom. The number of amides is 1. The van der Waals surface area contributed by atoms with Crippen LogP contribution in [-0.4, -0.2) is 29.8 Å². The molecular weight excluding hydrogens is 212 g/mol. The maximum absolute atomic E-state index is 12.4. The average Bonchev–Trinajstić information content (AvgIpc) is 3.10. The molecule has 16 heavy (non-hydrogen) atoms. The van der Waals surface area contributed by atoms with E-state index in [2.05, 4.69) is 0 Å². The second-order valence-electron chi connectivity index (χ2n) is 5.03. The Balaban J connectivity index is 1.89. The molecule has 2 saturated carbocycles. The van der Waals surface area contributed by atoms with E-state index < -0.39 is 12.3 Å². The average molecular weight is 231 g/mol. The zero-order valence-corrected chi connectivity index (χ0v) is 9.50. The topological polar surface area (TPSA) is 20.3 Å². The summed E-state index contributed by atoms with van der Waals surface area (Å²) in [6.45, 7) is 0.563. The van der Waals surface area contributed by atoms with Gasteiger partial charge in [0.1, 0.15) is 0 Å². The summed E-state index contributed by atoms with van der Waals surface area (Å²) in [6.07, 6.45) is 4.81. The molecule has 2 rings (SSSR count). The highest BCUT2D eigenvalue weighted by atomic mass is 19.3. The molecule has 2 aliphatic rings. The Labute approximate surface area is 95.0 Å². The number of rotatable bonds is 4. The van der Waals surface area contributed by atoms with E-state index in [-0.39, 0.29) is 6.04 Å². The summed E-state index contributed by atoms with van der Waals surface area (Å²) in [4.78, 5) is 12.8. The second-order valence-corrected chi connectivity index (χ2v) is 5.03. The SMILES string of the molecule is O=C(C(F)F)N(CC1CCCCC1)C1CC1. The van der Waals surface area contributed by atoms with Crippen molar-refractivity contribution in [3.63, 3.8) is 0 Å². The van der Waals surface area contributed by atoms with Crippen LogP contribution in [0.25, 0.3) is 0 Å². The number of alkyl halides is 2. The summed E-state index contributed by atoms with van der Waals surface area (Å²) < 4.78 is 24.9. The van der Waals surface area contributed by atoms with Gasteiger partial charge in [-0.15, -0.1) is 0 Å². The highest BCUT2D eigenvalue weighted by Crippen LogP contribution is 2.32. The maximum atomic E-state index is 12.4. The Morgan fingerprint density at radius 3 is 2.25 bits per heavy atom. The second kappa shape index (κ2) is 5.11. The van der Waals surface area contributed by atoms with Gasteiger partial charge in [-0.1, -0.05) is 19.3 Å². The highest BCUT2D eigenvalue weighted by molar-refractivity contribution is 5.80. The van der Waals surface area contributed by atoms with E-state index in [1.807, 2.05) is 0 Å². The van der Waals surface area contributed by atoms with E-state index in [1.165, 1.54) is 24.2 Å². The molecule has 0 bridgehead atoms. The smallest absolute Gasteiger partial charge is 0.315 e. The monoisotopic (exact) mass is 231 g/mol. The molecule has 0 saturated heterocycles. The van der Waals surface area contributed by atoms with Crippen molar-refractivity contribution in [1.82, 2.24) is 4.90 Å². The molecular formula is C12H19F2NO. The predicted octanol–water partition coefficient (Wildman–Crippen LogP) is 2.82. The van der Waals surface area contributed by atoms with Crippen LogP contribution in [0, 0.1) is 5.92 Å². The Bertz CT molecular complexity index is 247. The van der Waals surface area contributed by atoms with Crippen LogP contribution in [-0.2, 0) is 4.79 Å². The van der Waals surface area contributed by atoms with Gasteiger partial charge in [-0.05, 0) is 31.6 Å². The minimum atomic E-state index is -2.83. The van der Waals surface area contributed by atoms with Crippen molar-refractivity contribution < 1.29 is 13.6 Å². The molecule has 0 aliphatic heterocycles. The van der Waals surface area contributed by atoms with Crippen LogP contribution in [0.15, 0.2) is 0 Å². The molecule has 2 fully saturated rings. The summed E-state index contributed by atoms with van der Waals surface area (Å²) in [7, 11) is 0. The van der Waals surface area contributed by atoms with Gasteiger partial charge in [-0.2, -0.15) is 8.78 Å². The molecule has 92 valence electrons. The first kappa shape index (κ1) is 11.8. The van der Waals surface area contributed by atoms with Crippen LogP contribution >= 0.6 is 0 Å². The van der Waals surface area contributed by atoms with Gasteiger partial charge in [0.15, 0.2) is 0 Å². The molecule has 2 nitrogen and oxygen atoms in total. The van der Waals surface area contributed by atoms with Crippen molar-refractivity contribution in [2.45, 2.75) is 57.4 Å². The van der Waals surface area contributed by atoms with Gasteiger partial charge < -0.3 is 4.90 Å². The van der Waals surface area contributed by atoms with E-state index in [0.29, 0.717) is 12.5 Å². The molecule has 0 aromatic rings. The zero-order valence-electron chi connectivity index (χ0n) is 9.50. The largest absolute Gasteiger partial charge is 0.334 e. The molecule has 0 N–H and O–H groups in total. The molecule has 0 spiro atoms. The molecule has 0 atom stereocenters. The Morgan fingerprint density at radius 2 is 1.75 bits per heavy atom. The molecule has 4 heteroatoms. The first-order valence-corrected chi connectivity index (χ1v) is 6.27. The fourth-order valence-electron chi connectivity index (χ4n) is 2.58. The van der Waals surface area contributed by atoms with Crippen LogP contribution in [0.3, 0.4) is 0 Å². The number of hydrogen-bond donors (Lipinski definition) is 0. The molecule has 2 aliphatic carbocycles. The molecule has 1 amide bonds. The number of nitrogens with zero attached hydrogens (tertiary/aromatic N) is 1. The number of halogens is 2. The van der Waals surface area contributed by atoms with Crippen molar-refractivity contribution in [3.05, 3.63) is 0 Å².